The lowest BCUT2D eigenvalue weighted by Crippen LogP contribution is -2.33. The lowest BCUT2D eigenvalue weighted by molar-refractivity contribution is -0.123. The van der Waals surface area contributed by atoms with E-state index in [0.717, 1.165) is 29.7 Å². The number of aromatic nitrogens is 2. The normalized spacial score (nSPS) is 16.5. The van der Waals surface area contributed by atoms with Gasteiger partial charge in [0, 0.05) is 6.04 Å². The number of alkyl halides is 1. The Morgan fingerprint density at radius 2 is 2.26 bits per heavy atom. The number of hydrogen-bond donors (Lipinski definition) is 1. The molecular formula is C14H16ClN3O. The highest BCUT2D eigenvalue weighted by atomic mass is 35.5. The summed E-state index contributed by atoms with van der Waals surface area (Å²) in [5, 5.41) is 3.03. The third kappa shape index (κ3) is 2.32. The maximum Gasteiger partial charge on any atom is 0.243 e. The summed E-state index contributed by atoms with van der Waals surface area (Å²) >= 11 is 5.96. The average Bonchev–Trinajstić information content (AvgIpc) is 3.15. The van der Waals surface area contributed by atoms with Gasteiger partial charge in [0.1, 0.15) is 11.9 Å². The Morgan fingerprint density at radius 3 is 2.95 bits per heavy atom. The summed E-state index contributed by atoms with van der Waals surface area (Å²) in [6.07, 6.45) is 2.18. The first-order valence-electron chi connectivity index (χ1n) is 6.53. The van der Waals surface area contributed by atoms with Crippen molar-refractivity contribution >= 4 is 28.5 Å². The first kappa shape index (κ1) is 12.5. The van der Waals surface area contributed by atoms with Crippen LogP contribution < -0.4 is 5.32 Å². The molecule has 1 aromatic heterocycles. The van der Waals surface area contributed by atoms with Crippen molar-refractivity contribution in [2.45, 2.75) is 37.7 Å². The Kier molecular flexibility index (Phi) is 3.19. The Labute approximate surface area is 116 Å². The predicted octanol–water partition coefficient (Wildman–Crippen LogP) is 2.61. The van der Waals surface area contributed by atoms with Crippen molar-refractivity contribution in [1.82, 2.24) is 14.9 Å². The summed E-state index contributed by atoms with van der Waals surface area (Å²) in [5.74, 6) is 1.08. The van der Waals surface area contributed by atoms with E-state index in [1.54, 1.807) is 0 Å². The van der Waals surface area contributed by atoms with E-state index in [0.29, 0.717) is 11.9 Å². The Morgan fingerprint density at radius 1 is 1.53 bits per heavy atom. The molecule has 1 fully saturated rings. The van der Waals surface area contributed by atoms with E-state index < -0.39 is 0 Å². The zero-order valence-corrected chi connectivity index (χ0v) is 11.5. The van der Waals surface area contributed by atoms with Gasteiger partial charge in [-0.25, -0.2) is 4.98 Å². The second-order valence-corrected chi connectivity index (χ2v) is 5.25. The maximum atomic E-state index is 12.2. The molecule has 3 rings (SSSR count). The predicted molar refractivity (Wildman–Crippen MR) is 75.2 cm³/mol. The van der Waals surface area contributed by atoms with Gasteiger partial charge in [-0.15, -0.1) is 11.6 Å². The number of rotatable bonds is 4. The third-order valence-electron chi connectivity index (χ3n) is 3.48. The molecule has 19 heavy (non-hydrogen) atoms. The largest absolute Gasteiger partial charge is 0.352 e. The summed E-state index contributed by atoms with van der Waals surface area (Å²) in [7, 11) is 0. The second kappa shape index (κ2) is 4.85. The number of carbonyl (C=O) groups excluding carboxylic acids is 1. The molecule has 0 radical (unpaired) electrons. The van der Waals surface area contributed by atoms with Crippen LogP contribution in [0.15, 0.2) is 24.3 Å². The van der Waals surface area contributed by atoms with Crippen molar-refractivity contribution in [3.05, 3.63) is 30.1 Å². The summed E-state index contributed by atoms with van der Waals surface area (Å²) in [5.41, 5.74) is 1.83. The van der Waals surface area contributed by atoms with E-state index in [1.165, 1.54) is 0 Å². The fourth-order valence-electron chi connectivity index (χ4n) is 2.29. The molecule has 4 nitrogen and oxygen atoms in total. The molecule has 1 amide bonds. The van der Waals surface area contributed by atoms with Gasteiger partial charge in [0.05, 0.1) is 16.9 Å². The van der Waals surface area contributed by atoms with Gasteiger partial charge in [0.15, 0.2) is 0 Å². The molecule has 5 heteroatoms. The van der Waals surface area contributed by atoms with Crippen LogP contribution in [0.3, 0.4) is 0 Å². The van der Waals surface area contributed by atoms with E-state index in [2.05, 4.69) is 10.3 Å². The van der Waals surface area contributed by atoms with Gasteiger partial charge >= 0.3 is 0 Å². The molecule has 1 aliphatic carbocycles. The molecule has 2 aromatic rings. The molecule has 0 aliphatic heterocycles. The van der Waals surface area contributed by atoms with Crippen LogP contribution in [0.5, 0.6) is 0 Å². The molecule has 1 aromatic carbocycles. The molecule has 1 heterocycles. The summed E-state index contributed by atoms with van der Waals surface area (Å²) in [6, 6.07) is 7.87. The van der Waals surface area contributed by atoms with E-state index >= 15 is 0 Å². The zero-order chi connectivity index (χ0) is 13.4. The average molecular weight is 278 g/mol. The van der Waals surface area contributed by atoms with E-state index in [1.807, 2.05) is 35.8 Å². The van der Waals surface area contributed by atoms with Gasteiger partial charge in [0.25, 0.3) is 0 Å². The molecule has 0 saturated heterocycles. The van der Waals surface area contributed by atoms with Crippen molar-refractivity contribution < 1.29 is 4.79 Å². The number of carbonyl (C=O) groups is 1. The molecule has 1 unspecified atom stereocenters. The molecular weight excluding hydrogens is 262 g/mol. The minimum atomic E-state index is -0.290. The highest BCUT2D eigenvalue weighted by Gasteiger charge is 2.27. The quantitative estimate of drug-likeness (QED) is 0.873. The fourth-order valence-corrected chi connectivity index (χ4v) is 2.48. The van der Waals surface area contributed by atoms with Gasteiger partial charge in [-0.05, 0) is 31.9 Å². The molecule has 1 N–H and O–H groups in total. The summed E-state index contributed by atoms with van der Waals surface area (Å²) in [4.78, 5) is 16.7. The Bertz CT molecular complexity index is 618. The summed E-state index contributed by atoms with van der Waals surface area (Å²) < 4.78 is 1.93. The minimum Gasteiger partial charge on any atom is -0.352 e. The molecule has 100 valence electrons. The molecule has 1 saturated carbocycles. The molecule has 0 spiro atoms. The third-order valence-corrected chi connectivity index (χ3v) is 3.72. The van der Waals surface area contributed by atoms with E-state index in [9.17, 15) is 4.79 Å². The van der Waals surface area contributed by atoms with Crippen LogP contribution in [-0.4, -0.2) is 21.5 Å². The monoisotopic (exact) mass is 277 g/mol. The number of nitrogens with one attached hydrogen (secondary N) is 1. The Hall–Kier alpha value is -1.55. The van der Waals surface area contributed by atoms with Crippen LogP contribution in [0.4, 0.5) is 0 Å². The molecule has 0 bridgehead atoms. The van der Waals surface area contributed by atoms with Crippen LogP contribution >= 0.6 is 11.6 Å². The number of amides is 1. The molecule has 1 aliphatic rings. The zero-order valence-electron chi connectivity index (χ0n) is 10.8. The van der Waals surface area contributed by atoms with Crippen LogP contribution in [0.25, 0.3) is 11.0 Å². The SMILES string of the molecule is CC(C(=O)NC1CC1)n1c(CCl)nc2ccccc21. The lowest BCUT2D eigenvalue weighted by atomic mass is 10.2. The standard InChI is InChI=1S/C14H16ClN3O/c1-9(14(19)16-10-6-7-10)18-12-5-3-2-4-11(12)17-13(18)8-15/h2-5,9-10H,6-8H2,1H3,(H,16,19). The number of nitrogens with zero attached hydrogens (tertiary/aromatic N) is 2. The van der Waals surface area contributed by atoms with Crippen molar-refractivity contribution in [2.75, 3.05) is 0 Å². The van der Waals surface area contributed by atoms with Crippen LogP contribution in [-0.2, 0) is 10.7 Å². The van der Waals surface area contributed by atoms with Crippen LogP contribution in [0.2, 0.25) is 0 Å². The van der Waals surface area contributed by atoms with Gasteiger partial charge in [0.2, 0.25) is 5.91 Å². The topological polar surface area (TPSA) is 46.9 Å². The Balaban J connectivity index is 1.99. The number of benzene rings is 1. The number of fused-ring (bicyclic) bond motifs is 1. The number of imidazole rings is 1. The van der Waals surface area contributed by atoms with Crippen molar-refractivity contribution in [3.8, 4) is 0 Å². The highest BCUT2D eigenvalue weighted by molar-refractivity contribution is 6.16. The van der Waals surface area contributed by atoms with Crippen molar-refractivity contribution in [3.63, 3.8) is 0 Å². The van der Waals surface area contributed by atoms with Crippen LogP contribution in [0.1, 0.15) is 31.6 Å². The van der Waals surface area contributed by atoms with Gasteiger partial charge in [-0.1, -0.05) is 12.1 Å². The van der Waals surface area contributed by atoms with Crippen molar-refractivity contribution in [1.29, 1.82) is 0 Å². The number of halogens is 1. The van der Waals surface area contributed by atoms with Crippen molar-refractivity contribution in [2.24, 2.45) is 0 Å². The van der Waals surface area contributed by atoms with Gasteiger partial charge in [-0.3, -0.25) is 4.79 Å². The van der Waals surface area contributed by atoms with Gasteiger partial charge in [-0.2, -0.15) is 0 Å². The smallest absolute Gasteiger partial charge is 0.243 e. The summed E-state index contributed by atoms with van der Waals surface area (Å²) in [6.45, 7) is 1.89. The number of hydrogen-bond acceptors (Lipinski definition) is 2. The lowest BCUT2D eigenvalue weighted by Gasteiger charge is -2.16. The fraction of sp³-hybridized carbons (Fsp3) is 0.429. The number of para-hydroxylation sites is 2. The van der Waals surface area contributed by atoms with E-state index in [4.69, 9.17) is 11.6 Å². The molecule has 1 atom stereocenters. The minimum absolute atomic E-state index is 0.0389. The maximum absolute atomic E-state index is 12.2. The van der Waals surface area contributed by atoms with Gasteiger partial charge < -0.3 is 9.88 Å². The first-order valence-corrected chi connectivity index (χ1v) is 7.06. The highest BCUT2D eigenvalue weighted by Crippen LogP contribution is 2.24. The van der Waals surface area contributed by atoms with E-state index in [-0.39, 0.29) is 11.9 Å². The second-order valence-electron chi connectivity index (χ2n) is 4.98. The first-order chi connectivity index (χ1) is 9.20. The van der Waals surface area contributed by atoms with Crippen LogP contribution in [0, 0.1) is 0 Å².